The van der Waals surface area contributed by atoms with E-state index in [0.717, 1.165) is 35.6 Å². The number of hydrogen-bond donors (Lipinski definition) is 1. The minimum absolute atomic E-state index is 0.326. The van der Waals surface area contributed by atoms with E-state index in [1.165, 1.54) is 0 Å². The van der Waals surface area contributed by atoms with E-state index in [1.807, 2.05) is 4.52 Å². The van der Waals surface area contributed by atoms with Gasteiger partial charge < -0.3 is 10.1 Å². The maximum atomic E-state index is 5.59. The van der Waals surface area contributed by atoms with Crippen molar-refractivity contribution in [3.8, 4) is 0 Å². The fourth-order valence-corrected chi connectivity index (χ4v) is 3.41. The summed E-state index contributed by atoms with van der Waals surface area (Å²) in [5, 5.41) is 17.7. The van der Waals surface area contributed by atoms with Crippen LogP contribution in [0.4, 0.5) is 0 Å². The first-order chi connectivity index (χ1) is 9.20. The molecule has 1 N–H and O–H groups in total. The minimum Gasteiger partial charge on any atom is -0.379 e. The van der Waals surface area contributed by atoms with Crippen molar-refractivity contribution in [1.29, 1.82) is 0 Å². The molecule has 0 radical (unpaired) electrons. The van der Waals surface area contributed by atoms with Gasteiger partial charge in [0.05, 0.1) is 19.1 Å². The van der Waals surface area contributed by atoms with Gasteiger partial charge in [0.1, 0.15) is 5.01 Å². The lowest BCUT2D eigenvalue weighted by molar-refractivity contribution is 0.187. The second kappa shape index (κ2) is 5.15. The average Bonchev–Trinajstić information content (AvgIpc) is 3.00. The van der Waals surface area contributed by atoms with Crippen LogP contribution in [0.3, 0.4) is 0 Å². The van der Waals surface area contributed by atoms with Crippen LogP contribution in [0.15, 0.2) is 0 Å². The number of rotatable bonds is 4. The third kappa shape index (κ3) is 2.26. The summed E-state index contributed by atoms with van der Waals surface area (Å²) in [6.07, 6.45) is 0. The third-order valence-corrected chi connectivity index (χ3v) is 4.44. The zero-order valence-corrected chi connectivity index (χ0v) is 12.3. The Morgan fingerprint density at radius 3 is 3.00 bits per heavy atom. The maximum Gasteiger partial charge on any atom is 0.234 e. The van der Waals surface area contributed by atoms with E-state index >= 15 is 0 Å². The van der Waals surface area contributed by atoms with E-state index < -0.39 is 0 Å². The highest BCUT2D eigenvalue weighted by atomic mass is 32.1. The van der Waals surface area contributed by atoms with E-state index in [1.54, 1.807) is 11.3 Å². The average molecular weight is 281 g/mol. The molecule has 19 heavy (non-hydrogen) atoms. The van der Waals surface area contributed by atoms with Crippen molar-refractivity contribution >= 4 is 16.3 Å². The Morgan fingerprint density at radius 2 is 2.26 bits per heavy atom. The number of nitrogens with zero attached hydrogens (tertiary/aromatic N) is 4. The largest absolute Gasteiger partial charge is 0.379 e. The molecule has 1 aliphatic heterocycles. The molecule has 0 saturated carbocycles. The van der Waals surface area contributed by atoms with Crippen molar-refractivity contribution in [1.82, 2.24) is 25.1 Å². The van der Waals surface area contributed by atoms with Gasteiger partial charge >= 0.3 is 0 Å². The van der Waals surface area contributed by atoms with Crippen LogP contribution >= 0.6 is 11.3 Å². The highest BCUT2D eigenvalue weighted by Crippen LogP contribution is 2.30. The summed E-state index contributed by atoms with van der Waals surface area (Å²) < 4.78 is 7.47. The van der Waals surface area contributed by atoms with Gasteiger partial charge in [-0.2, -0.15) is 9.61 Å². The SMILES string of the molecule is CCNC1COCC1c1nn2c(C(C)C)nnc2s1. The smallest absolute Gasteiger partial charge is 0.234 e. The van der Waals surface area contributed by atoms with Gasteiger partial charge in [-0.1, -0.05) is 32.1 Å². The Balaban J connectivity index is 1.92. The van der Waals surface area contributed by atoms with E-state index in [-0.39, 0.29) is 0 Å². The van der Waals surface area contributed by atoms with E-state index in [2.05, 4.69) is 36.3 Å². The van der Waals surface area contributed by atoms with E-state index in [9.17, 15) is 0 Å². The van der Waals surface area contributed by atoms with Crippen LogP contribution < -0.4 is 5.32 Å². The molecule has 2 atom stereocenters. The molecule has 0 spiro atoms. The van der Waals surface area contributed by atoms with Crippen molar-refractivity contribution in [3.05, 3.63) is 10.8 Å². The molecule has 1 aliphatic rings. The van der Waals surface area contributed by atoms with Gasteiger partial charge in [-0.3, -0.25) is 0 Å². The first-order valence-corrected chi connectivity index (χ1v) is 7.55. The molecule has 0 aliphatic carbocycles. The first kappa shape index (κ1) is 13.0. The van der Waals surface area contributed by atoms with Gasteiger partial charge in [-0.15, -0.1) is 10.2 Å². The molecule has 1 fully saturated rings. The van der Waals surface area contributed by atoms with Gasteiger partial charge in [-0.05, 0) is 6.54 Å². The number of fused-ring (bicyclic) bond motifs is 1. The second-order valence-electron chi connectivity index (χ2n) is 5.16. The Labute approximate surface area is 116 Å². The number of nitrogens with one attached hydrogen (secondary N) is 1. The maximum absolute atomic E-state index is 5.59. The molecule has 3 rings (SSSR count). The van der Waals surface area contributed by atoms with Gasteiger partial charge in [0, 0.05) is 12.0 Å². The summed E-state index contributed by atoms with van der Waals surface area (Å²) in [5.74, 6) is 1.58. The number of hydrogen-bond acceptors (Lipinski definition) is 6. The quantitative estimate of drug-likeness (QED) is 0.918. The fraction of sp³-hybridized carbons (Fsp3) is 0.750. The third-order valence-electron chi connectivity index (χ3n) is 3.41. The Kier molecular flexibility index (Phi) is 3.51. The van der Waals surface area contributed by atoms with Crippen LogP contribution in [0.2, 0.25) is 0 Å². The minimum atomic E-state index is 0.326. The van der Waals surface area contributed by atoms with Gasteiger partial charge in [0.25, 0.3) is 0 Å². The molecule has 2 aromatic rings. The Morgan fingerprint density at radius 1 is 1.42 bits per heavy atom. The Bertz CT molecular complexity index is 563. The summed E-state index contributed by atoms with van der Waals surface area (Å²) >= 11 is 1.62. The lowest BCUT2D eigenvalue weighted by Gasteiger charge is -2.15. The summed E-state index contributed by atoms with van der Waals surface area (Å²) in [6.45, 7) is 8.77. The van der Waals surface area contributed by atoms with E-state index in [4.69, 9.17) is 9.84 Å². The Hall–Kier alpha value is -1.05. The predicted molar refractivity (Wildman–Crippen MR) is 73.8 cm³/mol. The van der Waals surface area contributed by atoms with E-state index in [0.29, 0.717) is 17.9 Å². The fourth-order valence-electron chi connectivity index (χ4n) is 2.42. The summed E-state index contributed by atoms with van der Waals surface area (Å²) in [7, 11) is 0. The molecular formula is C12H19N5OS. The van der Waals surface area contributed by atoms with Crippen molar-refractivity contribution in [2.75, 3.05) is 19.8 Å². The molecule has 3 heterocycles. The zero-order chi connectivity index (χ0) is 13.4. The van der Waals surface area contributed by atoms with Crippen LogP contribution in [-0.4, -0.2) is 45.6 Å². The van der Waals surface area contributed by atoms with Gasteiger partial charge in [0.15, 0.2) is 5.82 Å². The first-order valence-electron chi connectivity index (χ1n) is 6.73. The van der Waals surface area contributed by atoms with Crippen LogP contribution in [0.25, 0.3) is 4.96 Å². The number of aromatic nitrogens is 4. The summed E-state index contributed by atoms with van der Waals surface area (Å²) in [5.41, 5.74) is 0. The highest BCUT2D eigenvalue weighted by molar-refractivity contribution is 7.16. The molecule has 2 aromatic heterocycles. The van der Waals surface area contributed by atoms with Crippen molar-refractivity contribution < 1.29 is 4.74 Å². The van der Waals surface area contributed by atoms with Crippen LogP contribution in [0.5, 0.6) is 0 Å². The highest BCUT2D eigenvalue weighted by Gasteiger charge is 2.32. The molecule has 2 unspecified atom stereocenters. The lowest BCUT2D eigenvalue weighted by Crippen LogP contribution is -2.34. The normalized spacial score (nSPS) is 23.8. The molecule has 0 bridgehead atoms. The second-order valence-corrected chi connectivity index (χ2v) is 6.14. The standard InChI is InChI=1S/C12H19N5OS/c1-4-13-9-6-18-5-8(9)11-16-17-10(7(2)3)14-15-12(17)19-11/h7-9,13H,4-6H2,1-3H3. The van der Waals surface area contributed by atoms with Gasteiger partial charge in [-0.25, -0.2) is 0 Å². The van der Waals surface area contributed by atoms with Crippen LogP contribution in [0.1, 0.15) is 43.4 Å². The van der Waals surface area contributed by atoms with Crippen LogP contribution in [-0.2, 0) is 4.74 Å². The molecule has 7 heteroatoms. The molecule has 1 saturated heterocycles. The van der Waals surface area contributed by atoms with Crippen molar-refractivity contribution in [2.45, 2.75) is 38.6 Å². The zero-order valence-electron chi connectivity index (χ0n) is 11.5. The number of likely N-dealkylation sites (N-methyl/N-ethyl adjacent to an activating group) is 1. The summed E-state index contributed by atoms with van der Waals surface area (Å²) in [4.78, 5) is 0.876. The van der Waals surface area contributed by atoms with Crippen LogP contribution in [0, 0.1) is 0 Å². The van der Waals surface area contributed by atoms with Gasteiger partial charge in [0.2, 0.25) is 4.96 Å². The topological polar surface area (TPSA) is 64.3 Å². The molecule has 104 valence electrons. The van der Waals surface area contributed by atoms with Crippen molar-refractivity contribution in [3.63, 3.8) is 0 Å². The molecule has 6 nitrogen and oxygen atoms in total. The number of ether oxygens (including phenoxy) is 1. The van der Waals surface area contributed by atoms with Crippen molar-refractivity contribution in [2.24, 2.45) is 0 Å². The molecule has 0 amide bonds. The molecule has 0 aromatic carbocycles. The summed E-state index contributed by atoms with van der Waals surface area (Å²) in [6, 6.07) is 0.358. The lowest BCUT2D eigenvalue weighted by atomic mass is 10.1. The molecular weight excluding hydrogens is 262 g/mol. The predicted octanol–water partition coefficient (Wildman–Crippen LogP) is 1.40. The monoisotopic (exact) mass is 281 g/mol.